The van der Waals surface area contributed by atoms with Gasteiger partial charge in [-0.3, -0.25) is 4.79 Å². The van der Waals surface area contributed by atoms with Gasteiger partial charge >= 0.3 is 0 Å². The van der Waals surface area contributed by atoms with Crippen molar-refractivity contribution in [3.63, 3.8) is 0 Å². The number of likely N-dealkylation sites (N-methyl/N-ethyl adjacent to an activating group) is 1. The molecule has 1 aromatic carbocycles. The van der Waals surface area contributed by atoms with E-state index in [1.54, 1.807) is 0 Å². The van der Waals surface area contributed by atoms with E-state index in [1.807, 2.05) is 18.2 Å². The third-order valence-electron chi connectivity index (χ3n) is 4.65. The van der Waals surface area contributed by atoms with Gasteiger partial charge in [-0.05, 0) is 44.5 Å². The molecular weight excluding hydrogens is 262 g/mol. The van der Waals surface area contributed by atoms with Crippen LogP contribution in [-0.2, 0) is 4.79 Å². The molecule has 21 heavy (non-hydrogen) atoms. The number of rotatable bonds is 6. The van der Waals surface area contributed by atoms with Gasteiger partial charge in [-0.25, -0.2) is 0 Å². The Labute approximate surface area is 127 Å². The Morgan fingerprint density at radius 2 is 1.95 bits per heavy atom. The van der Waals surface area contributed by atoms with E-state index in [0.717, 1.165) is 38.9 Å². The van der Waals surface area contributed by atoms with Crippen LogP contribution in [-0.4, -0.2) is 39.1 Å². The molecule has 1 saturated heterocycles. The largest absolute Gasteiger partial charge is 0.373 e. The Morgan fingerprint density at radius 3 is 2.57 bits per heavy atom. The standard InChI is InChI=1S/C17H27N3O/c1-3-17(9-11-18-12-10-17)16(21)19-13-14-20(2)15-7-5-4-6-8-15/h4-8,18H,3,9-14H2,1-2H3,(H,19,21). The number of amides is 1. The van der Waals surface area contributed by atoms with Crippen LogP contribution in [0.5, 0.6) is 0 Å². The molecule has 1 heterocycles. The number of hydrogen-bond donors (Lipinski definition) is 2. The Kier molecular flexibility index (Phi) is 5.62. The van der Waals surface area contributed by atoms with Crippen molar-refractivity contribution in [3.8, 4) is 0 Å². The first-order chi connectivity index (χ1) is 10.2. The number of nitrogens with zero attached hydrogens (tertiary/aromatic N) is 1. The number of nitrogens with one attached hydrogen (secondary N) is 2. The molecule has 0 saturated carbocycles. The number of para-hydroxylation sites is 1. The number of hydrogen-bond acceptors (Lipinski definition) is 3. The maximum Gasteiger partial charge on any atom is 0.226 e. The molecule has 0 spiro atoms. The summed E-state index contributed by atoms with van der Waals surface area (Å²) >= 11 is 0. The van der Waals surface area contributed by atoms with Gasteiger partial charge in [0.25, 0.3) is 0 Å². The smallest absolute Gasteiger partial charge is 0.226 e. The first-order valence-electron chi connectivity index (χ1n) is 7.93. The molecule has 0 aliphatic carbocycles. The molecule has 2 N–H and O–H groups in total. The highest BCUT2D eigenvalue weighted by Gasteiger charge is 2.37. The zero-order chi connectivity index (χ0) is 15.1. The summed E-state index contributed by atoms with van der Waals surface area (Å²) in [4.78, 5) is 14.7. The maximum absolute atomic E-state index is 12.5. The monoisotopic (exact) mass is 289 g/mol. The Morgan fingerprint density at radius 1 is 1.29 bits per heavy atom. The molecular formula is C17H27N3O. The van der Waals surface area contributed by atoms with Crippen molar-refractivity contribution < 1.29 is 4.79 Å². The molecule has 1 aromatic rings. The summed E-state index contributed by atoms with van der Waals surface area (Å²) in [5.41, 5.74) is 1.02. The number of carbonyl (C=O) groups excluding carboxylic acids is 1. The minimum absolute atomic E-state index is 0.156. The van der Waals surface area contributed by atoms with Crippen LogP contribution < -0.4 is 15.5 Å². The van der Waals surface area contributed by atoms with Crippen LogP contribution in [0.1, 0.15) is 26.2 Å². The first-order valence-corrected chi connectivity index (χ1v) is 7.93. The average Bonchev–Trinajstić information content (AvgIpc) is 2.56. The predicted molar refractivity (Wildman–Crippen MR) is 87.5 cm³/mol. The summed E-state index contributed by atoms with van der Waals surface area (Å²) in [6, 6.07) is 10.3. The van der Waals surface area contributed by atoms with Gasteiger partial charge in [-0.2, -0.15) is 0 Å². The normalized spacial score (nSPS) is 17.2. The second-order valence-corrected chi connectivity index (χ2v) is 5.90. The Hall–Kier alpha value is -1.55. The molecule has 2 rings (SSSR count). The first kappa shape index (κ1) is 15.8. The topological polar surface area (TPSA) is 44.4 Å². The van der Waals surface area contributed by atoms with E-state index in [2.05, 4.69) is 41.6 Å². The van der Waals surface area contributed by atoms with Crippen molar-refractivity contribution in [3.05, 3.63) is 30.3 Å². The molecule has 1 aliphatic rings. The summed E-state index contributed by atoms with van der Waals surface area (Å²) in [5, 5.41) is 6.47. The summed E-state index contributed by atoms with van der Waals surface area (Å²) in [7, 11) is 2.06. The fourth-order valence-electron chi connectivity index (χ4n) is 2.98. The van der Waals surface area contributed by atoms with Crippen LogP contribution >= 0.6 is 0 Å². The van der Waals surface area contributed by atoms with Gasteiger partial charge in [-0.1, -0.05) is 25.1 Å². The highest BCUT2D eigenvalue weighted by Crippen LogP contribution is 2.32. The van der Waals surface area contributed by atoms with Gasteiger partial charge in [0.2, 0.25) is 5.91 Å². The van der Waals surface area contributed by atoms with Crippen molar-refractivity contribution >= 4 is 11.6 Å². The molecule has 4 nitrogen and oxygen atoms in total. The van der Waals surface area contributed by atoms with E-state index >= 15 is 0 Å². The maximum atomic E-state index is 12.5. The van der Waals surface area contributed by atoms with Crippen LogP contribution in [0.3, 0.4) is 0 Å². The average molecular weight is 289 g/mol. The third-order valence-corrected chi connectivity index (χ3v) is 4.65. The van der Waals surface area contributed by atoms with Crippen LogP contribution in [0, 0.1) is 5.41 Å². The fourth-order valence-corrected chi connectivity index (χ4v) is 2.98. The molecule has 0 bridgehead atoms. The second-order valence-electron chi connectivity index (χ2n) is 5.90. The molecule has 1 amide bonds. The predicted octanol–water partition coefficient (Wildman–Crippen LogP) is 2.02. The van der Waals surface area contributed by atoms with Crippen LogP contribution in [0.2, 0.25) is 0 Å². The van der Waals surface area contributed by atoms with Gasteiger partial charge in [0.15, 0.2) is 0 Å². The third kappa shape index (κ3) is 3.97. The quantitative estimate of drug-likeness (QED) is 0.842. The number of piperidine rings is 1. The van der Waals surface area contributed by atoms with E-state index in [4.69, 9.17) is 0 Å². The molecule has 1 fully saturated rings. The van der Waals surface area contributed by atoms with E-state index in [1.165, 1.54) is 5.69 Å². The number of carbonyl (C=O) groups is 1. The second kappa shape index (κ2) is 7.46. The van der Waals surface area contributed by atoms with Gasteiger partial charge in [0.05, 0.1) is 5.41 Å². The lowest BCUT2D eigenvalue weighted by molar-refractivity contribution is -0.132. The number of anilines is 1. The Bertz CT molecular complexity index is 441. The fraction of sp³-hybridized carbons (Fsp3) is 0.588. The minimum atomic E-state index is -0.156. The van der Waals surface area contributed by atoms with Gasteiger partial charge in [-0.15, -0.1) is 0 Å². The molecule has 0 unspecified atom stereocenters. The molecule has 4 heteroatoms. The molecule has 0 radical (unpaired) electrons. The van der Waals surface area contributed by atoms with Crippen molar-refractivity contribution in [2.45, 2.75) is 26.2 Å². The SMILES string of the molecule is CCC1(C(=O)NCCN(C)c2ccccc2)CCNCC1. The van der Waals surface area contributed by atoms with E-state index in [9.17, 15) is 4.79 Å². The van der Waals surface area contributed by atoms with Gasteiger partial charge in [0, 0.05) is 25.8 Å². The van der Waals surface area contributed by atoms with Crippen LogP contribution in [0.25, 0.3) is 0 Å². The van der Waals surface area contributed by atoms with Crippen molar-refractivity contribution in [1.82, 2.24) is 10.6 Å². The van der Waals surface area contributed by atoms with Crippen molar-refractivity contribution in [2.75, 3.05) is 38.1 Å². The zero-order valence-electron chi connectivity index (χ0n) is 13.2. The van der Waals surface area contributed by atoms with E-state index in [-0.39, 0.29) is 11.3 Å². The summed E-state index contributed by atoms with van der Waals surface area (Å²) < 4.78 is 0. The molecule has 116 valence electrons. The highest BCUT2D eigenvalue weighted by atomic mass is 16.2. The lowest BCUT2D eigenvalue weighted by atomic mass is 9.76. The van der Waals surface area contributed by atoms with Crippen LogP contribution in [0.15, 0.2) is 30.3 Å². The Balaban J connectivity index is 1.81. The van der Waals surface area contributed by atoms with E-state index in [0.29, 0.717) is 6.54 Å². The zero-order valence-corrected chi connectivity index (χ0v) is 13.2. The van der Waals surface area contributed by atoms with Crippen molar-refractivity contribution in [1.29, 1.82) is 0 Å². The lowest BCUT2D eigenvalue weighted by Crippen LogP contribution is -2.48. The van der Waals surface area contributed by atoms with Crippen molar-refractivity contribution in [2.24, 2.45) is 5.41 Å². The number of benzene rings is 1. The molecule has 1 aliphatic heterocycles. The summed E-state index contributed by atoms with van der Waals surface area (Å²) in [6.45, 7) is 5.55. The summed E-state index contributed by atoms with van der Waals surface area (Å²) in [6.07, 6.45) is 2.82. The summed E-state index contributed by atoms with van der Waals surface area (Å²) in [5.74, 6) is 0.230. The minimum Gasteiger partial charge on any atom is -0.373 e. The van der Waals surface area contributed by atoms with E-state index < -0.39 is 0 Å². The lowest BCUT2D eigenvalue weighted by Gasteiger charge is -2.35. The van der Waals surface area contributed by atoms with Gasteiger partial charge in [0.1, 0.15) is 0 Å². The van der Waals surface area contributed by atoms with Crippen LogP contribution in [0.4, 0.5) is 5.69 Å². The molecule has 0 aromatic heterocycles. The molecule has 0 atom stereocenters. The highest BCUT2D eigenvalue weighted by molar-refractivity contribution is 5.82. The van der Waals surface area contributed by atoms with Gasteiger partial charge < -0.3 is 15.5 Å².